The highest BCUT2D eigenvalue weighted by atomic mass is 16.4. The van der Waals surface area contributed by atoms with E-state index in [1.165, 1.54) is 83.5 Å². The van der Waals surface area contributed by atoms with Crippen LogP contribution >= 0.6 is 0 Å². The van der Waals surface area contributed by atoms with Gasteiger partial charge in [0.15, 0.2) is 0 Å². The topological polar surface area (TPSA) is 37.3 Å². The third-order valence-corrected chi connectivity index (χ3v) is 4.57. The first kappa shape index (κ1) is 22.2. The van der Waals surface area contributed by atoms with Crippen LogP contribution in [0.25, 0.3) is 0 Å². The summed E-state index contributed by atoms with van der Waals surface area (Å²) >= 11 is 0. The van der Waals surface area contributed by atoms with E-state index in [4.69, 9.17) is 5.11 Å². The SMILES string of the molecule is CCCCCCCC/C=C/CCCCCCCCC(C)C(=O)O. The average Bonchev–Trinajstić information content (AvgIpc) is 2.54. The Hall–Kier alpha value is -0.790. The van der Waals surface area contributed by atoms with Crippen LogP contribution < -0.4 is 0 Å². The van der Waals surface area contributed by atoms with Crippen LogP contribution in [0.3, 0.4) is 0 Å². The highest BCUT2D eigenvalue weighted by Crippen LogP contribution is 2.13. The Kier molecular flexibility index (Phi) is 17.0. The zero-order chi connectivity index (χ0) is 17.2. The quantitative estimate of drug-likeness (QED) is 0.228. The first-order valence-corrected chi connectivity index (χ1v) is 10.1. The molecule has 1 atom stereocenters. The Balaban J connectivity index is 3.15. The third-order valence-electron chi connectivity index (χ3n) is 4.57. The lowest BCUT2D eigenvalue weighted by atomic mass is 10.0. The molecule has 0 aliphatic rings. The summed E-state index contributed by atoms with van der Waals surface area (Å²) in [5.74, 6) is -0.829. The first-order valence-electron chi connectivity index (χ1n) is 10.1. The molecule has 0 saturated carbocycles. The van der Waals surface area contributed by atoms with Gasteiger partial charge in [0.05, 0.1) is 5.92 Å². The maximum atomic E-state index is 10.7. The lowest BCUT2D eigenvalue weighted by molar-refractivity contribution is -0.141. The van der Waals surface area contributed by atoms with Crippen LogP contribution in [0.5, 0.6) is 0 Å². The van der Waals surface area contributed by atoms with Gasteiger partial charge in [-0.25, -0.2) is 0 Å². The van der Waals surface area contributed by atoms with Gasteiger partial charge < -0.3 is 5.11 Å². The summed E-state index contributed by atoms with van der Waals surface area (Å²) in [7, 11) is 0. The molecule has 1 N–H and O–H groups in total. The zero-order valence-corrected chi connectivity index (χ0v) is 15.7. The third kappa shape index (κ3) is 17.4. The Morgan fingerprint density at radius 3 is 1.70 bits per heavy atom. The van der Waals surface area contributed by atoms with Crippen LogP contribution in [0.4, 0.5) is 0 Å². The largest absolute Gasteiger partial charge is 0.481 e. The van der Waals surface area contributed by atoms with E-state index in [0.29, 0.717) is 0 Å². The number of carboxylic acid groups (broad SMARTS) is 1. The molecule has 0 fully saturated rings. The number of allylic oxidation sites excluding steroid dienone is 2. The highest BCUT2D eigenvalue weighted by Gasteiger charge is 2.09. The molecule has 0 amide bonds. The van der Waals surface area contributed by atoms with Gasteiger partial charge in [0, 0.05) is 0 Å². The minimum atomic E-state index is -0.655. The molecule has 1 unspecified atom stereocenters. The van der Waals surface area contributed by atoms with Crippen LogP contribution in [-0.2, 0) is 4.79 Å². The number of aliphatic carboxylic acids is 1. The predicted octanol–water partition coefficient (Wildman–Crippen LogP) is 7.13. The van der Waals surface area contributed by atoms with Gasteiger partial charge in [-0.15, -0.1) is 0 Å². The van der Waals surface area contributed by atoms with Crippen LogP contribution in [0, 0.1) is 5.92 Å². The molecule has 0 saturated heterocycles. The van der Waals surface area contributed by atoms with Gasteiger partial charge in [0.2, 0.25) is 0 Å². The van der Waals surface area contributed by atoms with E-state index in [1.807, 2.05) is 0 Å². The Morgan fingerprint density at radius 2 is 1.22 bits per heavy atom. The van der Waals surface area contributed by atoms with Crippen molar-refractivity contribution in [1.82, 2.24) is 0 Å². The normalized spacial score (nSPS) is 12.8. The Labute approximate surface area is 144 Å². The standard InChI is InChI=1S/C21H40O2/c1-3-4-5-6-7-8-9-10-11-12-13-14-15-16-17-18-19-20(2)21(22)23/h10-11,20H,3-9,12-19H2,1-2H3,(H,22,23)/b11-10+. The van der Waals surface area contributed by atoms with E-state index in [0.717, 1.165) is 12.8 Å². The molecule has 0 aromatic carbocycles. The van der Waals surface area contributed by atoms with Crippen molar-refractivity contribution in [2.75, 3.05) is 0 Å². The molecule has 136 valence electrons. The highest BCUT2D eigenvalue weighted by molar-refractivity contribution is 5.69. The van der Waals surface area contributed by atoms with Crippen molar-refractivity contribution >= 4 is 5.97 Å². The lowest BCUT2D eigenvalue weighted by Crippen LogP contribution is -2.08. The molecule has 23 heavy (non-hydrogen) atoms. The summed E-state index contributed by atoms with van der Waals surface area (Å²) in [5.41, 5.74) is 0. The van der Waals surface area contributed by atoms with Crippen LogP contribution in [0.1, 0.15) is 110 Å². The molecule has 0 bridgehead atoms. The molecule has 2 heteroatoms. The summed E-state index contributed by atoms with van der Waals surface area (Å²) in [5, 5.41) is 8.80. The Morgan fingerprint density at radius 1 is 0.783 bits per heavy atom. The molecular weight excluding hydrogens is 284 g/mol. The van der Waals surface area contributed by atoms with Crippen molar-refractivity contribution in [3.8, 4) is 0 Å². The van der Waals surface area contributed by atoms with Crippen LogP contribution in [-0.4, -0.2) is 11.1 Å². The fraction of sp³-hybridized carbons (Fsp3) is 0.857. The minimum Gasteiger partial charge on any atom is -0.481 e. The molecule has 0 spiro atoms. The second-order valence-corrected chi connectivity index (χ2v) is 6.97. The van der Waals surface area contributed by atoms with Gasteiger partial charge in [0.1, 0.15) is 0 Å². The van der Waals surface area contributed by atoms with Crippen molar-refractivity contribution in [1.29, 1.82) is 0 Å². The predicted molar refractivity (Wildman–Crippen MR) is 101 cm³/mol. The molecule has 0 heterocycles. The van der Waals surface area contributed by atoms with Gasteiger partial charge in [-0.2, -0.15) is 0 Å². The molecular formula is C21H40O2. The van der Waals surface area contributed by atoms with Crippen molar-refractivity contribution < 1.29 is 9.90 Å². The molecule has 0 aromatic rings. The molecule has 2 nitrogen and oxygen atoms in total. The van der Waals surface area contributed by atoms with Crippen LogP contribution in [0.15, 0.2) is 12.2 Å². The second-order valence-electron chi connectivity index (χ2n) is 6.97. The van der Waals surface area contributed by atoms with E-state index < -0.39 is 5.97 Å². The summed E-state index contributed by atoms with van der Waals surface area (Å²) in [4.78, 5) is 10.7. The molecule has 0 rings (SSSR count). The molecule has 0 aliphatic heterocycles. The fourth-order valence-corrected chi connectivity index (χ4v) is 2.82. The number of hydrogen-bond acceptors (Lipinski definition) is 1. The number of carbonyl (C=O) groups is 1. The maximum Gasteiger partial charge on any atom is 0.306 e. The summed E-state index contributed by atoms with van der Waals surface area (Å²) in [6.07, 6.45) is 23.8. The minimum absolute atomic E-state index is 0.174. The van der Waals surface area contributed by atoms with Gasteiger partial charge in [-0.3, -0.25) is 4.79 Å². The van der Waals surface area contributed by atoms with Gasteiger partial charge in [-0.1, -0.05) is 90.2 Å². The number of hydrogen-bond donors (Lipinski definition) is 1. The van der Waals surface area contributed by atoms with Crippen molar-refractivity contribution in [3.05, 3.63) is 12.2 Å². The zero-order valence-electron chi connectivity index (χ0n) is 15.7. The summed E-state index contributed by atoms with van der Waals surface area (Å²) < 4.78 is 0. The van der Waals surface area contributed by atoms with E-state index in [2.05, 4.69) is 19.1 Å². The lowest BCUT2D eigenvalue weighted by Gasteiger charge is -2.05. The average molecular weight is 325 g/mol. The monoisotopic (exact) mass is 324 g/mol. The van der Waals surface area contributed by atoms with Gasteiger partial charge in [-0.05, 0) is 32.1 Å². The number of rotatable bonds is 17. The van der Waals surface area contributed by atoms with E-state index in [1.54, 1.807) is 6.92 Å². The summed E-state index contributed by atoms with van der Waals surface area (Å²) in [6, 6.07) is 0. The molecule has 0 aliphatic carbocycles. The Bertz CT molecular complexity index is 284. The van der Waals surface area contributed by atoms with Crippen molar-refractivity contribution in [2.24, 2.45) is 5.92 Å². The van der Waals surface area contributed by atoms with Gasteiger partial charge >= 0.3 is 5.97 Å². The van der Waals surface area contributed by atoms with E-state index >= 15 is 0 Å². The number of carboxylic acids is 1. The van der Waals surface area contributed by atoms with E-state index in [9.17, 15) is 4.79 Å². The number of unbranched alkanes of at least 4 members (excludes halogenated alkanes) is 12. The van der Waals surface area contributed by atoms with Crippen LogP contribution in [0.2, 0.25) is 0 Å². The summed E-state index contributed by atoms with van der Waals surface area (Å²) in [6.45, 7) is 4.07. The van der Waals surface area contributed by atoms with Gasteiger partial charge in [0.25, 0.3) is 0 Å². The molecule has 0 aromatic heterocycles. The first-order chi connectivity index (χ1) is 11.2. The molecule has 0 radical (unpaired) electrons. The smallest absolute Gasteiger partial charge is 0.306 e. The fourth-order valence-electron chi connectivity index (χ4n) is 2.82. The van der Waals surface area contributed by atoms with Crippen molar-refractivity contribution in [3.63, 3.8) is 0 Å². The van der Waals surface area contributed by atoms with Crippen molar-refractivity contribution in [2.45, 2.75) is 110 Å². The second kappa shape index (κ2) is 17.6. The van der Waals surface area contributed by atoms with E-state index in [-0.39, 0.29) is 5.92 Å². The maximum absolute atomic E-state index is 10.7.